The van der Waals surface area contributed by atoms with Gasteiger partial charge in [0.05, 0.1) is 23.7 Å². The second kappa shape index (κ2) is 9.21. The summed E-state index contributed by atoms with van der Waals surface area (Å²) in [5.41, 5.74) is -3.10. The van der Waals surface area contributed by atoms with Gasteiger partial charge in [-0.25, -0.2) is 4.79 Å². The first-order valence-electron chi connectivity index (χ1n) is 11.1. The third kappa shape index (κ3) is 4.99. The molecule has 2 aliphatic heterocycles. The minimum absolute atomic E-state index is 0.164. The Morgan fingerprint density at radius 2 is 1.65 bits per heavy atom. The highest BCUT2D eigenvalue weighted by Gasteiger charge is 2.52. The number of ether oxygens (including phenoxy) is 2. The minimum Gasteiger partial charge on any atom is -0.459 e. The highest BCUT2D eigenvalue weighted by Crippen LogP contribution is 2.39. The molecule has 9 heteroatoms. The van der Waals surface area contributed by atoms with Gasteiger partial charge in [-0.1, -0.05) is 27.7 Å². The number of cyclic esters (lactones) is 2. The highest BCUT2D eigenvalue weighted by atomic mass is 16.6. The number of aliphatic hydroxyl groups is 4. The summed E-state index contributed by atoms with van der Waals surface area (Å²) >= 11 is 0. The van der Waals surface area contributed by atoms with E-state index in [1.807, 2.05) is 13.8 Å². The molecule has 11 unspecified atom stereocenters. The molecule has 31 heavy (non-hydrogen) atoms. The van der Waals surface area contributed by atoms with Crippen molar-refractivity contribution in [3.8, 4) is 0 Å². The number of rotatable bonds is 7. The quantitative estimate of drug-likeness (QED) is 0.364. The van der Waals surface area contributed by atoms with E-state index >= 15 is 0 Å². The first kappa shape index (κ1) is 25.8. The van der Waals surface area contributed by atoms with Crippen molar-refractivity contribution in [1.29, 1.82) is 0 Å². The second-order valence-corrected chi connectivity index (χ2v) is 10.0. The summed E-state index contributed by atoms with van der Waals surface area (Å²) in [7, 11) is 0. The van der Waals surface area contributed by atoms with Gasteiger partial charge in [0.25, 0.3) is 0 Å². The van der Waals surface area contributed by atoms with Crippen LogP contribution in [0.1, 0.15) is 61.3 Å². The maximum absolute atomic E-state index is 12.2. The molecule has 2 fully saturated rings. The van der Waals surface area contributed by atoms with Gasteiger partial charge in [-0.15, -0.1) is 0 Å². The summed E-state index contributed by atoms with van der Waals surface area (Å²) in [5.74, 6) is -2.36. The van der Waals surface area contributed by atoms with Crippen LogP contribution in [0.2, 0.25) is 0 Å². The molecule has 11 atom stereocenters. The van der Waals surface area contributed by atoms with Crippen LogP contribution in [0.4, 0.5) is 4.79 Å². The summed E-state index contributed by atoms with van der Waals surface area (Å²) in [6, 6.07) is -0.466. The SMILES string of the molecule is CCC(O)C(C)(O)C1OC(=O)NC(C(C)CC(C)(O)C2OC(=O)C(C)C(O)C2C)C1C. The van der Waals surface area contributed by atoms with E-state index in [1.165, 1.54) is 6.92 Å². The molecule has 9 nitrogen and oxygen atoms in total. The van der Waals surface area contributed by atoms with E-state index in [-0.39, 0.29) is 18.3 Å². The molecular formula is C22H39NO8. The minimum atomic E-state index is -1.64. The normalized spacial score (nSPS) is 39.9. The predicted octanol–water partition coefficient (Wildman–Crippen LogP) is 0.957. The summed E-state index contributed by atoms with van der Waals surface area (Å²) in [6.45, 7) is 11.7. The van der Waals surface area contributed by atoms with E-state index in [2.05, 4.69) is 5.32 Å². The van der Waals surface area contributed by atoms with Crippen LogP contribution in [0.15, 0.2) is 0 Å². The van der Waals surface area contributed by atoms with E-state index in [9.17, 15) is 30.0 Å². The van der Waals surface area contributed by atoms with Crippen LogP contribution < -0.4 is 5.32 Å². The fourth-order valence-electron chi connectivity index (χ4n) is 5.33. The number of carbonyl (C=O) groups is 2. The maximum atomic E-state index is 12.2. The molecule has 0 aromatic carbocycles. The standard InChI is InChI=1S/C22H39NO8/c1-8-14(24)22(7,29)18-11(3)15(23-20(27)31-18)10(2)9-21(6,28)17-12(4)16(25)13(5)19(26)30-17/h10-18,24-25,28-29H,8-9H2,1-7H3,(H,23,27). The van der Waals surface area contributed by atoms with Gasteiger partial charge < -0.3 is 35.2 Å². The Kier molecular flexibility index (Phi) is 7.68. The average molecular weight is 446 g/mol. The van der Waals surface area contributed by atoms with Gasteiger partial charge in [0.2, 0.25) is 0 Å². The van der Waals surface area contributed by atoms with Crippen molar-refractivity contribution in [1.82, 2.24) is 5.32 Å². The Labute approximate surface area is 184 Å². The monoisotopic (exact) mass is 445 g/mol. The van der Waals surface area contributed by atoms with Crippen molar-refractivity contribution in [2.75, 3.05) is 0 Å². The van der Waals surface area contributed by atoms with E-state index in [1.54, 1.807) is 27.7 Å². The Morgan fingerprint density at radius 3 is 2.19 bits per heavy atom. The zero-order chi connectivity index (χ0) is 23.9. The van der Waals surface area contributed by atoms with Crippen LogP contribution in [-0.2, 0) is 14.3 Å². The molecule has 2 saturated heterocycles. The van der Waals surface area contributed by atoms with Crippen LogP contribution in [0.25, 0.3) is 0 Å². The molecule has 0 radical (unpaired) electrons. The lowest BCUT2D eigenvalue weighted by molar-refractivity contribution is -0.206. The summed E-state index contributed by atoms with van der Waals surface area (Å²) in [4.78, 5) is 24.4. The molecule has 0 aromatic heterocycles. The van der Waals surface area contributed by atoms with Gasteiger partial charge in [-0.2, -0.15) is 0 Å². The van der Waals surface area contributed by atoms with Gasteiger partial charge in [0.1, 0.15) is 17.8 Å². The fraction of sp³-hybridized carbons (Fsp3) is 0.909. The van der Waals surface area contributed by atoms with E-state index < -0.39 is 65.6 Å². The maximum Gasteiger partial charge on any atom is 0.407 e. The summed E-state index contributed by atoms with van der Waals surface area (Å²) in [5, 5.41) is 45.5. The molecule has 0 aromatic rings. The Balaban J connectivity index is 2.20. The third-order valence-corrected chi connectivity index (χ3v) is 7.30. The van der Waals surface area contributed by atoms with Crippen LogP contribution in [-0.4, -0.2) is 74.1 Å². The molecule has 0 aliphatic carbocycles. The molecule has 180 valence electrons. The molecule has 1 amide bonds. The van der Waals surface area contributed by atoms with Crippen molar-refractivity contribution in [3.05, 3.63) is 0 Å². The number of hydrogen-bond donors (Lipinski definition) is 5. The molecule has 2 rings (SSSR count). The van der Waals surface area contributed by atoms with Crippen molar-refractivity contribution in [2.24, 2.45) is 23.7 Å². The molecule has 5 N–H and O–H groups in total. The number of aliphatic hydroxyl groups excluding tert-OH is 2. The number of amides is 1. The molecule has 0 spiro atoms. The zero-order valence-corrected chi connectivity index (χ0v) is 19.5. The van der Waals surface area contributed by atoms with Crippen LogP contribution >= 0.6 is 0 Å². The first-order chi connectivity index (χ1) is 14.1. The number of hydrogen-bond acceptors (Lipinski definition) is 8. The Bertz CT molecular complexity index is 666. The molecule has 2 heterocycles. The zero-order valence-electron chi connectivity index (χ0n) is 19.5. The van der Waals surface area contributed by atoms with Gasteiger partial charge in [-0.05, 0) is 39.5 Å². The van der Waals surface area contributed by atoms with Gasteiger partial charge in [-0.3, -0.25) is 4.79 Å². The van der Waals surface area contributed by atoms with E-state index in [0.717, 1.165) is 0 Å². The van der Waals surface area contributed by atoms with Crippen LogP contribution in [0.5, 0.6) is 0 Å². The molecule has 0 bridgehead atoms. The van der Waals surface area contributed by atoms with Crippen molar-refractivity contribution < 1.29 is 39.5 Å². The van der Waals surface area contributed by atoms with E-state index in [0.29, 0.717) is 6.42 Å². The Morgan fingerprint density at radius 1 is 1.06 bits per heavy atom. The smallest absolute Gasteiger partial charge is 0.407 e. The molecule has 0 saturated carbocycles. The molecule has 2 aliphatic rings. The fourth-order valence-corrected chi connectivity index (χ4v) is 5.33. The predicted molar refractivity (Wildman–Crippen MR) is 112 cm³/mol. The number of carbonyl (C=O) groups excluding carboxylic acids is 2. The summed E-state index contributed by atoms with van der Waals surface area (Å²) < 4.78 is 10.8. The van der Waals surface area contributed by atoms with Crippen molar-refractivity contribution in [3.63, 3.8) is 0 Å². The van der Waals surface area contributed by atoms with E-state index in [4.69, 9.17) is 9.47 Å². The number of esters is 1. The molecular weight excluding hydrogens is 406 g/mol. The van der Waals surface area contributed by atoms with Crippen LogP contribution in [0, 0.1) is 23.7 Å². The van der Waals surface area contributed by atoms with Crippen molar-refractivity contribution in [2.45, 2.75) is 103 Å². The average Bonchev–Trinajstić information content (AvgIpc) is 2.68. The lowest BCUT2D eigenvalue weighted by Gasteiger charge is -2.48. The number of alkyl carbamates (subject to hydrolysis) is 1. The topological polar surface area (TPSA) is 146 Å². The van der Waals surface area contributed by atoms with Gasteiger partial charge >= 0.3 is 12.1 Å². The lowest BCUT2D eigenvalue weighted by Crippen LogP contribution is -2.64. The largest absolute Gasteiger partial charge is 0.459 e. The first-order valence-corrected chi connectivity index (χ1v) is 11.1. The Hall–Kier alpha value is -1.42. The lowest BCUT2D eigenvalue weighted by atomic mass is 9.72. The number of nitrogens with one attached hydrogen (secondary N) is 1. The van der Waals surface area contributed by atoms with Crippen molar-refractivity contribution >= 4 is 12.1 Å². The highest BCUT2D eigenvalue weighted by molar-refractivity contribution is 5.74. The van der Waals surface area contributed by atoms with Crippen LogP contribution in [0.3, 0.4) is 0 Å². The second-order valence-electron chi connectivity index (χ2n) is 10.0. The van der Waals surface area contributed by atoms with Gasteiger partial charge in [0, 0.05) is 17.9 Å². The third-order valence-electron chi connectivity index (χ3n) is 7.30. The summed E-state index contributed by atoms with van der Waals surface area (Å²) in [6.07, 6.45) is -4.09. The van der Waals surface area contributed by atoms with Gasteiger partial charge in [0.15, 0.2) is 0 Å².